The fourth-order valence-corrected chi connectivity index (χ4v) is 2.76. The summed E-state index contributed by atoms with van der Waals surface area (Å²) in [5.74, 6) is 0.578. The Bertz CT molecular complexity index is 697. The van der Waals surface area contributed by atoms with E-state index in [9.17, 15) is 17.2 Å². The standard InChI is InChI=1S/C16H25F2N3O4S/c1-4-24-13-8-6-7-12(14(13)25-15(17)18)11-21-16(19-3)20-9-10-26(22,23)5-2/h6-8,15H,4-5,9-11H2,1-3H3,(H2,19,20,21). The molecule has 1 aromatic carbocycles. The minimum Gasteiger partial charge on any atom is -0.490 e. The van der Waals surface area contributed by atoms with Crippen molar-refractivity contribution in [1.29, 1.82) is 0 Å². The van der Waals surface area contributed by atoms with E-state index in [1.165, 1.54) is 7.05 Å². The Labute approximate surface area is 152 Å². The van der Waals surface area contributed by atoms with Crippen molar-refractivity contribution in [2.24, 2.45) is 4.99 Å². The van der Waals surface area contributed by atoms with Crippen molar-refractivity contribution in [2.45, 2.75) is 27.0 Å². The molecule has 1 aromatic rings. The molecule has 7 nitrogen and oxygen atoms in total. The van der Waals surface area contributed by atoms with Gasteiger partial charge in [-0.2, -0.15) is 8.78 Å². The molecule has 0 unspecified atom stereocenters. The molecule has 0 spiro atoms. The lowest BCUT2D eigenvalue weighted by Crippen LogP contribution is -2.39. The van der Waals surface area contributed by atoms with Crippen LogP contribution < -0.4 is 20.1 Å². The van der Waals surface area contributed by atoms with Crippen molar-refractivity contribution in [2.75, 3.05) is 31.7 Å². The molecule has 10 heteroatoms. The summed E-state index contributed by atoms with van der Waals surface area (Å²) in [6.45, 7) is 0.988. The third-order valence-electron chi connectivity index (χ3n) is 3.38. The molecule has 1 rings (SSSR count). The molecule has 0 atom stereocenters. The minimum absolute atomic E-state index is 0.0240. The van der Waals surface area contributed by atoms with Gasteiger partial charge in [0.2, 0.25) is 0 Å². The average Bonchev–Trinajstić information content (AvgIpc) is 2.59. The molecule has 0 saturated carbocycles. The van der Waals surface area contributed by atoms with Crippen LogP contribution in [0.3, 0.4) is 0 Å². The van der Waals surface area contributed by atoms with Crippen molar-refractivity contribution < 1.29 is 26.7 Å². The molecule has 0 aliphatic carbocycles. The van der Waals surface area contributed by atoms with Gasteiger partial charge in [0.1, 0.15) is 0 Å². The topological polar surface area (TPSA) is 89.0 Å². The number of guanidine groups is 1. The summed E-state index contributed by atoms with van der Waals surface area (Å²) >= 11 is 0. The van der Waals surface area contributed by atoms with Gasteiger partial charge in [0, 0.05) is 31.5 Å². The van der Waals surface area contributed by atoms with Gasteiger partial charge in [-0.1, -0.05) is 19.1 Å². The van der Waals surface area contributed by atoms with E-state index in [2.05, 4.69) is 20.4 Å². The van der Waals surface area contributed by atoms with Gasteiger partial charge in [-0.05, 0) is 13.0 Å². The highest BCUT2D eigenvalue weighted by atomic mass is 32.2. The monoisotopic (exact) mass is 393 g/mol. The maximum atomic E-state index is 12.7. The van der Waals surface area contributed by atoms with Crippen LogP contribution in [0.4, 0.5) is 8.78 Å². The van der Waals surface area contributed by atoms with Gasteiger partial charge in [0.25, 0.3) is 0 Å². The molecule has 148 valence electrons. The molecule has 0 fully saturated rings. The number of sulfone groups is 1. The summed E-state index contributed by atoms with van der Waals surface area (Å²) in [7, 11) is -1.56. The number of aliphatic imine (C=N–C) groups is 1. The van der Waals surface area contributed by atoms with Gasteiger partial charge in [-0.15, -0.1) is 0 Å². The number of alkyl halides is 2. The van der Waals surface area contributed by atoms with Gasteiger partial charge in [0.05, 0.1) is 12.4 Å². The molecule has 26 heavy (non-hydrogen) atoms. The average molecular weight is 393 g/mol. The van der Waals surface area contributed by atoms with E-state index in [0.29, 0.717) is 18.1 Å². The third-order valence-corrected chi connectivity index (χ3v) is 5.09. The molecular weight excluding hydrogens is 368 g/mol. The molecule has 0 amide bonds. The smallest absolute Gasteiger partial charge is 0.387 e. The van der Waals surface area contributed by atoms with Gasteiger partial charge in [-0.3, -0.25) is 4.99 Å². The normalized spacial score (nSPS) is 12.2. The number of ether oxygens (including phenoxy) is 2. The lowest BCUT2D eigenvalue weighted by molar-refractivity contribution is -0.0520. The molecule has 0 heterocycles. The number of para-hydroxylation sites is 1. The van der Waals surface area contributed by atoms with E-state index < -0.39 is 16.4 Å². The van der Waals surface area contributed by atoms with E-state index in [1.807, 2.05) is 0 Å². The largest absolute Gasteiger partial charge is 0.490 e. The zero-order chi connectivity index (χ0) is 19.6. The molecule has 0 bridgehead atoms. The van der Waals surface area contributed by atoms with Crippen LogP contribution in [0.2, 0.25) is 0 Å². The second kappa shape index (κ2) is 10.8. The number of hydrogen-bond acceptors (Lipinski definition) is 5. The Morgan fingerprint density at radius 2 is 2.00 bits per heavy atom. The molecule has 2 N–H and O–H groups in total. The van der Waals surface area contributed by atoms with Crippen LogP contribution in [0.25, 0.3) is 0 Å². The maximum Gasteiger partial charge on any atom is 0.387 e. The van der Waals surface area contributed by atoms with Crippen molar-refractivity contribution in [3.8, 4) is 11.5 Å². The van der Waals surface area contributed by atoms with E-state index in [-0.39, 0.29) is 36.1 Å². The Morgan fingerprint density at radius 1 is 1.27 bits per heavy atom. The number of halogens is 2. The molecular formula is C16H25F2N3O4S. The van der Waals surface area contributed by atoms with Crippen molar-refractivity contribution >= 4 is 15.8 Å². The van der Waals surface area contributed by atoms with Crippen LogP contribution >= 0.6 is 0 Å². The lowest BCUT2D eigenvalue weighted by atomic mass is 10.2. The van der Waals surface area contributed by atoms with Crippen LogP contribution in [-0.2, 0) is 16.4 Å². The van der Waals surface area contributed by atoms with E-state index >= 15 is 0 Å². The molecule has 0 radical (unpaired) electrons. The second-order valence-electron chi connectivity index (χ2n) is 5.14. The first-order valence-electron chi connectivity index (χ1n) is 8.17. The SMILES string of the molecule is CCOc1cccc(CNC(=NC)NCCS(=O)(=O)CC)c1OC(F)F. The molecule has 0 saturated heterocycles. The lowest BCUT2D eigenvalue weighted by Gasteiger charge is -2.17. The number of nitrogens with one attached hydrogen (secondary N) is 2. The summed E-state index contributed by atoms with van der Waals surface area (Å²) in [4.78, 5) is 3.98. The predicted molar refractivity (Wildman–Crippen MR) is 96.8 cm³/mol. The van der Waals surface area contributed by atoms with Crippen molar-refractivity contribution in [3.63, 3.8) is 0 Å². The Kier molecular flexibility index (Phi) is 9.11. The van der Waals surface area contributed by atoms with Gasteiger partial charge in [-0.25, -0.2) is 8.42 Å². The molecule has 0 aliphatic heterocycles. The van der Waals surface area contributed by atoms with E-state index in [0.717, 1.165) is 0 Å². The van der Waals surface area contributed by atoms with Gasteiger partial charge in [0.15, 0.2) is 27.3 Å². The number of nitrogens with zero attached hydrogens (tertiary/aromatic N) is 1. The zero-order valence-corrected chi connectivity index (χ0v) is 15.9. The molecule has 0 aromatic heterocycles. The fraction of sp³-hybridized carbons (Fsp3) is 0.562. The Balaban J connectivity index is 2.76. The number of hydrogen-bond donors (Lipinski definition) is 2. The maximum absolute atomic E-state index is 12.7. The van der Waals surface area contributed by atoms with Crippen LogP contribution in [-0.4, -0.2) is 52.7 Å². The van der Waals surface area contributed by atoms with Crippen molar-refractivity contribution in [1.82, 2.24) is 10.6 Å². The van der Waals surface area contributed by atoms with Crippen LogP contribution in [0.1, 0.15) is 19.4 Å². The highest BCUT2D eigenvalue weighted by Gasteiger charge is 2.16. The minimum atomic E-state index is -3.09. The van der Waals surface area contributed by atoms with Gasteiger partial charge >= 0.3 is 6.61 Å². The van der Waals surface area contributed by atoms with E-state index in [4.69, 9.17) is 4.74 Å². The Morgan fingerprint density at radius 3 is 2.58 bits per heavy atom. The van der Waals surface area contributed by atoms with Crippen LogP contribution in [0, 0.1) is 0 Å². The predicted octanol–water partition coefficient (Wildman–Crippen LogP) is 1.79. The van der Waals surface area contributed by atoms with Crippen molar-refractivity contribution in [3.05, 3.63) is 23.8 Å². The van der Waals surface area contributed by atoms with E-state index in [1.54, 1.807) is 32.0 Å². The summed E-state index contributed by atoms with van der Waals surface area (Å²) in [6.07, 6.45) is 0. The quantitative estimate of drug-likeness (QED) is 0.465. The van der Waals surface area contributed by atoms with Gasteiger partial charge < -0.3 is 20.1 Å². The second-order valence-corrected chi connectivity index (χ2v) is 7.62. The summed E-state index contributed by atoms with van der Waals surface area (Å²) in [5, 5.41) is 5.81. The summed E-state index contributed by atoms with van der Waals surface area (Å²) in [6, 6.07) is 4.85. The number of benzene rings is 1. The van der Waals surface area contributed by atoms with Crippen LogP contribution in [0.5, 0.6) is 11.5 Å². The Hall–Kier alpha value is -2.10. The summed E-state index contributed by atoms with van der Waals surface area (Å²) < 4.78 is 58.3. The number of rotatable bonds is 10. The highest BCUT2D eigenvalue weighted by Crippen LogP contribution is 2.32. The first-order valence-corrected chi connectivity index (χ1v) is 9.99. The fourth-order valence-electron chi connectivity index (χ4n) is 2.06. The molecule has 0 aliphatic rings. The first-order chi connectivity index (χ1) is 12.3. The zero-order valence-electron chi connectivity index (χ0n) is 15.1. The summed E-state index contributed by atoms with van der Waals surface area (Å²) in [5.41, 5.74) is 0.459. The first kappa shape index (κ1) is 21.9. The highest BCUT2D eigenvalue weighted by molar-refractivity contribution is 7.91. The van der Waals surface area contributed by atoms with Crippen LogP contribution in [0.15, 0.2) is 23.2 Å². The third kappa shape index (κ3) is 7.42.